The molecule has 0 radical (unpaired) electrons. The number of carbonyl (C=O) groups is 2. The SMILES string of the molecule is COC(=O)c1[nH]c2ccc(C)cc2c1NC(=O)[C@H](C)N1CCSCC1. The van der Waals surface area contributed by atoms with Crippen LogP contribution in [0.4, 0.5) is 5.69 Å². The molecule has 1 aliphatic rings. The second-order valence-electron chi connectivity index (χ2n) is 6.23. The third-order valence-corrected chi connectivity index (χ3v) is 5.51. The number of aromatic nitrogens is 1. The van der Waals surface area contributed by atoms with Gasteiger partial charge in [-0.2, -0.15) is 11.8 Å². The van der Waals surface area contributed by atoms with Crippen molar-refractivity contribution in [3.63, 3.8) is 0 Å². The third kappa shape index (κ3) is 3.67. The molecule has 7 heteroatoms. The Labute approximate surface area is 151 Å². The molecule has 0 bridgehead atoms. The summed E-state index contributed by atoms with van der Waals surface area (Å²) in [6, 6.07) is 5.56. The number of rotatable bonds is 4. The Morgan fingerprint density at radius 1 is 1.32 bits per heavy atom. The van der Waals surface area contributed by atoms with Gasteiger partial charge in [-0.05, 0) is 26.0 Å². The van der Waals surface area contributed by atoms with E-state index in [1.165, 1.54) is 7.11 Å². The minimum atomic E-state index is -0.494. The highest BCUT2D eigenvalue weighted by atomic mass is 32.2. The van der Waals surface area contributed by atoms with E-state index in [-0.39, 0.29) is 17.6 Å². The van der Waals surface area contributed by atoms with Crippen LogP contribution in [0.1, 0.15) is 23.0 Å². The zero-order valence-corrected chi connectivity index (χ0v) is 15.5. The van der Waals surface area contributed by atoms with Gasteiger partial charge in [-0.25, -0.2) is 4.79 Å². The summed E-state index contributed by atoms with van der Waals surface area (Å²) < 4.78 is 4.86. The van der Waals surface area contributed by atoms with Crippen LogP contribution < -0.4 is 5.32 Å². The molecular formula is C18H23N3O3S. The second-order valence-corrected chi connectivity index (χ2v) is 7.45. The van der Waals surface area contributed by atoms with Crippen molar-refractivity contribution in [3.8, 4) is 0 Å². The summed E-state index contributed by atoms with van der Waals surface area (Å²) in [6.07, 6.45) is 0. The van der Waals surface area contributed by atoms with Gasteiger partial charge >= 0.3 is 5.97 Å². The summed E-state index contributed by atoms with van der Waals surface area (Å²) in [4.78, 5) is 30.1. The number of ether oxygens (including phenoxy) is 1. The maximum absolute atomic E-state index is 12.8. The number of hydrogen-bond acceptors (Lipinski definition) is 5. The number of carbonyl (C=O) groups excluding carboxylic acids is 2. The molecule has 0 aliphatic carbocycles. The molecule has 3 rings (SSSR count). The Morgan fingerprint density at radius 2 is 2.04 bits per heavy atom. The lowest BCUT2D eigenvalue weighted by Crippen LogP contribution is -2.46. The number of benzene rings is 1. The number of H-pyrrole nitrogens is 1. The molecule has 2 aromatic rings. The van der Waals surface area contributed by atoms with E-state index in [2.05, 4.69) is 15.2 Å². The van der Waals surface area contributed by atoms with Gasteiger partial charge < -0.3 is 15.0 Å². The Morgan fingerprint density at radius 3 is 2.72 bits per heavy atom. The molecule has 1 fully saturated rings. The second kappa shape index (κ2) is 7.49. The molecule has 1 amide bonds. The number of aromatic amines is 1. The number of nitrogens with zero attached hydrogens (tertiary/aromatic N) is 1. The quantitative estimate of drug-likeness (QED) is 0.819. The molecule has 2 heterocycles. The molecule has 1 saturated heterocycles. The van der Waals surface area contributed by atoms with Gasteiger partial charge in [0.2, 0.25) is 5.91 Å². The highest BCUT2D eigenvalue weighted by Crippen LogP contribution is 2.29. The van der Waals surface area contributed by atoms with E-state index in [0.717, 1.165) is 41.1 Å². The minimum Gasteiger partial charge on any atom is -0.464 e. The fraction of sp³-hybridized carbons (Fsp3) is 0.444. The van der Waals surface area contributed by atoms with Crippen LogP contribution in [-0.4, -0.2) is 59.5 Å². The summed E-state index contributed by atoms with van der Waals surface area (Å²) >= 11 is 1.91. The molecule has 134 valence electrons. The third-order valence-electron chi connectivity index (χ3n) is 4.56. The van der Waals surface area contributed by atoms with Crippen molar-refractivity contribution < 1.29 is 14.3 Å². The number of nitrogens with one attached hydrogen (secondary N) is 2. The monoisotopic (exact) mass is 361 g/mol. The lowest BCUT2D eigenvalue weighted by Gasteiger charge is -2.31. The molecule has 1 aliphatic heterocycles. The van der Waals surface area contributed by atoms with E-state index in [1.54, 1.807) is 0 Å². The minimum absolute atomic E-state index is 0.112. The van der Waals surface area contributed by atoms with Crippen molar-refractivity contribution in [3.05, 3.63) is 29.5 Å². The number of thioether (sulfide) groups is 1. The van der Waals surface area contributed by atoms with E-state index in [9.17, 15) is 9.59 Å². The topological polar surface area (TPSA) is 74.4 Å². The number of hydrogen-bond donors (Lipinski definition) is 2. The lowest BCUT2D eigenvalue weighted by atomic mass is 10.1. The summed E-state index contributed by atoms with van der Waals surface area (Å²) in [5.74, 6) is 1.47. The highest BCUT2D eigenvalue weighted by molar-refractivity contribution is 7.99. The first-order valence-corrected chi connectivity index (χ1v) is 9.50. The normalized spacial score (nSPS) is 16.6. The fourth-order valence-corrected chi connectivity index (χ4v) is 3.98. The average molecular weight is 361 g/mol. The first kappa shape index (κ1) is 17.8. The predicted molar refractivity (Wildman–Crippen MR) is 101 cm³/mol. The maximum Gasteiger partial charge on any atom is 0.356 e. The molecule has 0 saturated carbocycles. The fourth-order valence-electron chi connectivity index (χ4n) is 3.05. The van der Waals surface area contributed by atoms with Crippen molar-refractivity contribution in [2.75, 3.05) is 37.0 Å². The Hall–Kier alpha value is -1.99. The largest absolute Gasteiger partial charge is 0.464 e. The van der Waals surface area contributed by atoms with E-state index in [1.807, 2.05) is 43.8 Å². The van der Waals surface area contributed by atoms with Crippen LogP contribution >= 0.6 is 11.8 Å². The Bertz CT molecular complexity index is 796. The number of esters is 1. The van der Waals surface area contributed by atoms with Crippen LogP contribution in [0, 0.1) is 6.92 Å². The number of anilines is 1. The van der Waals surface area contributed by atoms with E-state index < -0.39 is 5.97 Å². The predicted octanol–water partition coefficient (Wildman–Crippen LogP) is 2.64. The Balaban J connectivity index is 1.91. The van der Waals surface area contributed by atoms with E-state index >= 15 is 0 Å². The maximum atomic E-state index is 12.8. The van der Waals surface area contributed by atoms with Crippen molar-refractivity contribution in [2.24, 2.45) is 0 Å². The number of aryl methyl sites for hydroxylation is 1. The van der Waals surface area contributed by atoms with Crippen LogP contribution in [0.25, 0.3) is 10.9 Å². The van der Waals surface area contributed by atoms with Gasteiger partial charge in [0, 0.05) is 35.5 Å². The Kier molecular flexibility index (Phi) is 5.34. The summed E-state index contributed by atoms with van der Waals surface area (Å²) in [5.41, 5.74) is 2.62. The van der Waals surface area contributed by atoms with E-state index in [4.69, 9.17) is 4.74 Å². The molecule has 6 nitrogen and oxygen atoms in total. The summed E-state index contributed by atoms with van der Waals surface area (Å²) in [7, 11) is 1.33. The molecule has 0 spiro atoms. The lowest BCUT2D eigenvalue weighted by molar-refractivity contribution is -0.120. The van der Waals surface area contributed by atoms with E-state index in [0.29, 0.717) is 5.69 Å². The van der Waals surface area contributed by atoms with Gasteiger partial charge in [0.25, 0.3) is 0 Å². The summed E-state index contributed by atoms with van der Waals surface area (Å²) in [5, 5.41) is 3.77. The van der Waals surface area contributed by atoms with Gasteiger partial charge in [-0.1, -0.05) is 11.6 Å². The van der Waals surface area contributed by atoms with Gasteiger partial charge in [0.05, 0.1) is 18.8 Å². The van der Waals surface area contributed by atoms with Crippen LogP contribution in [0.15, 0.2) is 18.2 Å². The van der Waals surface area contributed by atoms with Crippen molar-refractivity contribution in [1.82, 2.24) is 9.88 Å². The highest BCUT2D eigenvalue weighted by Gasteiger charge is 2.26. The molecule has 1 aromatic heterocycles. The van der Waals surface area contributed by atoms with Crippen LogP contribution in [0.5, 0.6) is 0 Å². The van der Waals surface area contributed by atoms with Crippen molar-refractivity contribution in [1.29, 1.82) is 0 Å². The summed E-state index contributed by atoms with van der Waals surface area (Å²) in [6.45, 7) is 5.68. The zero-order chi connectivity index (χ0) is 18.0. The van der Waals surface area contributed by atoms with Gasteiger partial charge in [-0.15, -0.1) is 0 Å². The van der Waals surface area contributed by atoms with Gasteiger partial charge in [0.15, 0.2) is 0 Å². The zero-order valence-electron chi connectivity index (χ0n) is 14.7. The number of methoxy groups -OCH3 is 1. The standard InChI is InChI=1S/C18H23N3O3S/c1-11-4-5-14-13(10-11)15(16(19-14)18(23)24-3)20-17(22)12(2)21-6-8-25-9-7-21/h4-5,10,12,19H,6-9H2,1-3H3,(H,20,22)/t12-/m0/s1. The van der Waals surface area contributed by atoms with Crippen molar-refractivity contribution >= 4 is 40.2 Å². The first-order valence-electron chi connectivity index (χ1n) is 8.34. The first-order chi connectivity index (χ1) is 12.0. The van der Waals surface area contributed by atoms with Gasteiger partial charge in [0.1, 0.15) is 5.69 Å². The smallest absolute Gasteiger partial charge is 0.356 e. The molecule has 1 aromatic carbocycles. The average Bonchev–Trinajstić information content (AvgIpc) is 2.98. The van der Waals surface area contributed by atoms with Crippen LogP contribution in [-0.2, 0) is 9.53 Å². The van der Waals surface area contributed by atoms with Gasteiger partial charge in [-0.3, -0.25) is 9.69 Å². The molecule has 1 atom stereocenters. The molecule has 0 unspecified atom stereocenters. The molecule has 2 N–H and O–H groups in total. The molecular weight excluding hydrogens is 338 g/mol. The number of fused-ring (bicyclic) bond motifs is 1. The van der Waals surface area contributed by atoms with Crippen LogP contribution in [0.2, 0.25) is 0 Å². The van der Waals surface area contributed by atoms with Crippen LogP contribution in [0.3, 0.4) is 0 Å². The molecule has 25 heavy (non-hydrogen) atoms. The van der Waals surface area contributed by atoms with Crippen molar-refractivity contribution in [2.45, 2.75) is 19.9 Å². The number of amides is 1.